The molecule has 9 spiro atoms. The zero-order valence-corrected chi connectivity index (χ0v) is 102. The van der Waals surface area contributed by atoms with Gasteiger partial charge in [0.05, 0.1) is 35.6 Å². The van der Waals surface area contributed by atoms with Gasteiger partial charge in [0.25, 0.3) is 0 Å². The fourth-order valence-corrected chi connectivity index (χ4v) is 30.2. The fraction of sp³-hybridized carbons (Fsp3) is 0.925. The molecule has 0 radical (unpaired) electrons. The van der Waals surface area contributed by atoms with Gasteiger partial charge in [0, 0.05) is 89.9 Å². The van der Waals surface area contributed by atoms with Crippen molar-refractivity contribution in [2.24, 2.45) is 168 Å². The Kier molecular flexibility index (Phi) is 46.4. The molecule has 11 heteroatoms. The molecule has 8 aliphatic heterocycles. The number of allylic oxidation sites excluding steroid dienone is 7. The highest BCUT2D eigenvalue weighted by molar-refractivity contribution is 5.32. The highest BCUT2D eigenvalue weighted by atomic mass is 16.7. The third-order valence-corrected chi connectivity index (χ3v) is 39.5. The molecule has 836 valence electrons. The van der Waals surface area contributed by atoms with E-state index in [0.717, 1.165) is 177 Å². The van der Waals surface area contributed by atoms with Crippen LogP contribution < -0.4 is 0 Å². The standard InChI is InChI=1S/C16H30O.C16H28.C15H27NO.C15H29NO.C15H29N.C15H27N.C14H27NO2.C14H24.C13H23N/c1-12(2)9-14-5-7-15(8-6-14)10-16(17,11-15)13(3)4;1-12(2)9-14-5-7-16(8-6-14)10-15(11-16)13(3)4;1-12(2)10-16-7-5-15(6-8-16)9-14(11-17-15)13(3)4;1-12(2)9-16-7-5-14(6-8-16)10-15(17,11-14)13(3)4;2*1-12(2)11-16-7-5-15(6-8-16)9-14(10-15)13(3)4;1-11(2)9-15-7-5-14(6-8-15)10-16-13(17-14)12(3)4;1-10(2)5-12-6-14(7-12)8-13(9-14)11(3)4;1-10(2)7-14-8-13(9-14)5-12(6-13)11(3)4/h12-14,17H,5-11H2,1-4H3;10,12-14H,5-9,11H2,1-4H3;9,12-13H,5-8,10-11H2,1-4H3;12-13,17H,5-11H2,1-4H3;12-14H,5-11H2,1-4H3;9,12-13H,5-8,10-11H2,1-4H3;11-13H,5-10H2,1-4H3;8,10-12H,5-7,9H2,1-4H3;5,10-11H,6-9H2,1-4H3. The van der Waals surface area contributed by atoms with Crippen LogP contribution >= 0.6 is 0 Å². The molecule has 0 aromatic heterocycles. The topological polar surface area (TPSA) is 87.6 Å². The smallest absolute Gasteiger partial charge is 0.160 e. The third kappa shape index (κ3) is 36.2. The van der Waals surface area contributed by atoms with Gasteiger partial charge in [-0.05, 0) is 413 Å². The highest BCUT2D eigenvalue weighted by Gasteiger charge is 2.58. The molecule has 8 heterocycles. The van der Waals surface area contributed by atoms with Crippen molar-refractivity contribution >= 4 is 0 Å². The second-order valence-corrected chi connectivity index (χ2v) is 60.8. The molecule has 1 atom stereocenters. The number of hydrogen-bond donors (Lipinski definition) is 2. The summed E-state index contributed by atoms with van der Waals surface area (Å²) in [6.45, 7) is 107. The van der Waals surface area contributed by atoms with E-state index in [1.54, 1.807) is 22.3 Å². The summed E-state index contributed by atoms with van der Waals surface area (Å²) in [4.78, 5) is 15.7. The largest absolute Gasteiger partial charge is 0.390 e. The van der Waals surface area contributed by atoms with Crippen LogP contribution in [0.1, 0.15) is 461 Å². The van der Waals surface area contributed by atoms with Gasteiger partial charge < -0.3 is 53.8 Å². The van der Waals surface area contributed by atoms with Crippen molar-refractivity contribution in [3.8, 4) is 0 Å². The quantitative estimate of drug-likeness (QED) is 0.0771. The lowest BCUT2D eigenvalue weighted by molar-refractivity contribution is -0.173. The van der Waals surface area contributed by atoms with Gasteiger partial charge in [0.1, 0.15) is 0 Å². The Morgan fingerprint density at radius 3 is 0.910 bits per heavy atom. The molecule has 0 bridgehead atoms. The van der Waals surface area contributed by atoms with Gasteiger partial charge in [-0.25, -0.2) is 0 Å². The molecule has 1 unspecified atom stereocenters. The van der Waals surface area contributed by atoms with Gasteiger partial charge in [-0.15, -0.1) is 0 Å². The minimum atomic E-state index is -0.347. The van der Waals surface area contributed by atoms with E-state index >= 15 is 0 Å². The lowest BCUT2D eigenvalue weighted by atomic mass is 9.50. The molecular weight excluding hydrogens is 1760 g/mol. The van der Waals surface area contributed by atoms with Gasteiger partial charge in [-0.1, -0.05) is 302 Å². The predicted octanol–water partition coefficient (Wildman–Crippen LogP) is 32.9. The Bertz CT molecular complexity index is 3680. The number of likely N-dealkylation sites (tertiary alicyclic amines) is 6. The van der Waals surface area contributed by atoms with Crippen LogP contribution in [0.2, 0.25) is 0 Å². The number of ether oxygens (including phenoxy) is 3. The molecule has 144 heavy (non-hydrogen) atoms. The summed E-state index contributed by atoms with van der Waals surface area (Å²) in [6.07, 6.45) is 57.5. The van der Waals surface area contributed by atoms with Crippen LogP contribution in [0.3, 0.4) is 0 Å². The van der Waals surface area contributed by atoms with Crippen molar-refractivity contribution in [2.45, 2.75) is 490 Å². The summed E-state index contributed by atoms with van der Waals surface area (Å²) in [5.74, 6) is 17.5. The Morgan fingerprint density at radius 2 is 0.590 bits per heavy atom. The van der Waals surface area contributed by atoms with Crippen LogP contribution in [0, 0.1) is 168 Å². The first kappa shape index (κ1) is 124. The molecular formula is C133H244N6O5. The summed E-state index contributed by atoms with van der Waals surface area (Å²) >= 11 is 0. The first-order chi connectivity index (χ1) is 67.2. The first-order valence-electron chi connectivity index (χ1n) is 62.6. The maximum Gasteiger partial charge on any atom is 0.160 e. The van der Waals surface area contributed by atoms with Crippen molar-refractivity contribution < 1.29 is 24.4 Å². The van der Waals surface area contributed by atoms with Gasteiger partial charge in [-0.2, -0.15) is 0 Å². The van der Waals surface area contributed by atoms with E-state index in [1.165, 1.54) is 284 Å². The molecule has 0 aromatic carbocycles. The first-order valence-corrected chi connectivity index (χ1v) is 62.6. The van der Waals surface area contributed by atoms with Crippen LogP contribution in [0.4, 0.5) is 0 Å². The predicted molar refractivity (Wildman–Crippen MR) is 622 cm³/mol. The molecule has 18 aliphatic rings. The fourth-order valence-electron chi connectivity index (χ4n) is 30.2. The van der Waals surface area contributed by atoms with Crippen LogP contribution in [0.5, 0.6) is 0 Å². The van der Waals surface area contributed by atoms with Crippen molar-refractivity contribution in [1.29, 1.82) is 0 Å². The minimum Gasteiger partial charge on any atom is -0.390 e. The Labute approximate surface area is 895 Å². The number of rotatable bonds is 27. The monoisotopic (exact) mass is 2010 g/mol. The summed E-state index contributed by atoms with van der Waals surface area (Å²) < 4.78 is 18.0. The van der Waals surface area contributed by atoms with Gasteiger partial charge >= 0.3 is 0 Å². The number of hydrogen-bond acceptors (Lipinski definition) is 11. The van der Waals surface area contributed by atoms with E-state index < -0.39 is 0 Å². The maximum atomic E-state index is 10.4. The van der Waals surface area contributed by atoms with Gasteiger partial charge in [-0.3, -0.25) is 0 Å². The molecule has 0 amide bonds. The Hall–Kier alpha value is -1.74. The molecule has 2 N–H and O–H groups in total. The zero-order chi connectivity index (χ0) is 106. The van der Waals surface area contributed by atoms with Crippen LogP contribution in [0.25, 0.3) is 0 Å². The zero-order valence-electron chi connectivity index (χ0n) is 102. The molecule has 6 saturated carbocycles. The normalized spacial score (nSPS) is 28.8. The molecule has 0 aromatic rings. The van der Waals surface area contributed by atoms with E-state index in [2.05, 4.69) is 309 Å². The summed E-state index contributed by atoms with van der Waals surface area (Å²) in [5.41, 5.74) is 12.2. The Morgan fingerprint density at radius 1 is 0.292 bits per heavy atom. The van der Waals surface area contributed by atoms with E-state index in [4.69, 9.17) is 14.2 Å². The second kappa shape index (κ2) is 53.8. The average Bonchev–Trinajstić information content (AvgIpc) is 0.943. The lowest BCUT2D eigenvalue weighted by Crippen LogP contribution is -2.59. The van der Waals surface area contributed by atoms with Gasteiger partial charge in [0.15, 0.2) is 6.29 Å². The lowest BCUT2D eigenvalue weighted by Gasteiger charge is -2.58. The van der Waals surface area contributed by atoms with Crippen LogP contribution in [0.15, 0.2) is 58.2 Å². The summed E-state index contributed by atoms with van der Waals surface area (Å²) in [6, 6.07) is 0. The second-order valence-electron chi connectivity index (χ2n) is 60.8. The van der Waals surface area contributed by atoms with E-state index in [9.17, 15) is 10.2 Å². The SMILES string of the molecule is CC(C)CC1CC2(C=C(C(C)C)C2)C1.CC(C)CC1CCC2(C=C(C(C)C)C2)CC1.CC(C)CC1CCC2(CC1)CC(O)(C(C)C)C2.CC(C)CN1CC2(C=C(C(C)C)C2)C1.CC(C)CN1CCC2(C=C(C(C)C)C2)CC1.CC(C)CN1CCC2(C=C(C(C)C)CO2)CC1.CC(C)CN1CCC2(CC1)CC(C(C)C)C2.CC(C)CN1CCC2(CC1)CC(O)(C(C)C)C2.CC(C)CN1CCC2(CC1)COC(C(C)C)O2. The molecule has 7 saturated heterocycles. The third-order valence-electron chi connectivity index (χ3n) is 39.5. The summed E-state index contributed by atoms with van der Waals surface area (Å²) in [7, 11) is 0. The summed E-state index contributed by atoms with van der Waals surface area (Å²) in [5, 5.41) is 20.8. The molecule has 18 rings (SSSR count). The van der Waals surface area contributed by atoms with Crippen molar-refractivity contribution in [1.82, 2.24) is 29.4 Å². The molecule has 10 aliphatic carbocycles. The van der Waals surface area contributed by atoms with Crippen molar-refractivity contribution in [3.05, 3.63) is 58.2 Å². The van der Waals surface area contributed by atoms with E-state index in [-0.39, 0.29) is 28.7 Å². The average molecular weight is 2010 g/mol. The highest BCUT2D eigenvalue weighted by Crippen LogP contribution is 2.64. The van der Waals surface area contributed by atoms with E-state index in [1.807, 2.05) is 0 Å². The van der Waals surface area contributed by atoms with Crippen LogP contribution in [-0.2, 0) is 14.2 Å². The van der Waals surface area contributed by atoms with Crippen molar-refractivity contribution in [2.75, 3.05) is 131 Å². The minimum absolute atomic E-state index is 0.0200. The molecule has 11 nitrogen and oxygen atoms in total. The van der Waals surface area contributed by atoms with Crippen LogP contribution in [-0.4, -0.2) is 199 Å². The number of nitrogens with zero attached hydrogens (tertiary/aromatic N) is 6. The molecule has 13 fully saturated rings. The maximum absolute atomic E-state index is 10.4. The van der Waals surface area contributed by atoms with E-state index in [0.29, 0.717) is 56.2 Å². The Balaban J connectivity index is 0.000000166. The van der Waals surface area contributed by atoms with Gasteiger partial charge in [0.2, 0.25) is 0 Å². The number of aliphatic hydroxyl groups is 2. The number of piperidine rings is 5. The van der Waals surface area contributed by atoms with Crippen molar-refractivity contribution in [3.63, 3.8) is 0 Å².